The van der Waals surface area contributed by atoms with Gasteiger partial charge in [-0.1, -0.05) is 6.92 Å². The van der Waals surface area contributed by atoms with E-state index in [1.54, 1.807) is 0 Å². The van der Waals surface area contributed by atoms with E-state index in [1.807, 2.05) is 12.1 Å². The molecule has 3 N–H and O–H groups in total. The molecule has 1 fully saturated rings. The summed E-state index contributed by atoms with van der Waals surface area (Å²) in [6, 6.07) is 3.99. The van der Waals surface area contributed by atoms with Gasteiger partial charge in [-0.3, -0.25) is 9.69 Å². The molecule has 0 bridgehead atoms. The van der Waals surface area contributed by atoms with E-state index in [2.05, 4.69) is 44.9 Å². The Bertz CT molecular complexity index is 577. The van der Waals surface area contributed by atoms with Crippen LogP contribution in [0.15, 0.2) is 16.6 Å². The van der Waals surface area contributed by atoms with Crippen molar-refractivity contribution in [2.75, 3.05) is 36.4 Å². The van der Waals surface area contributed by atoms with Crippen molar-refractivity contribution in [1.82, 2.24) is 4.90 Å². The summed E-state index contributed by atoms with van der Waals surface area (Å²) in [5.41, 5.74) is 8.74. The predicted octanol–water partition coefficient (Wildman–Crippen LogP) is 1.93. The minimum absolute atomic E-state index is 0.127. The lowest BCUT2D eigenvalue weighted by atomic mass is 10.1. The first-order valence-corrected chi connectivity index (χ1v) is 8.19. The third-order valence-corrected chi connectivity index (χ3v) is 5.14. The fourth-order valence-electron chi connectivity index (χ4n) is 3.22. The Hall–Kier alpha value is -1.11. The van der Waals surface area contributed by atoms with E-state index in [0.717, 1.165) is 47.6 Å². The van der Waals surface area contributed by atoms with Crippen molar-refractivity contribution in [2.45, 2.75) is 25.9 Å². The van der Waals surface area contributed by atoms with Crippen LogP contribution in [-0.4, -0.2) is 43.0 Å². The van der Waals surface area contributed by atoms with Crippen LogP contribution in [0, 0.1) is 0 Å². The number of anilines is 2. The molecule has 0 radical (unpaired) electrons. The summed E-state index contributed by atoms with van der Waals surface area (Å²) >= 11 is 3.64. The third-order valence-electron chi connectivity index (χ3n) is 4.51. The minimum Gasteiger partial charge on any atom is -0.368 e. The van der Waals surface area contributed by atoms with Gasteiger partial charge < -0.3 is 16.0 Å². The average Bonchev–Trinajstić information content (AvgIpc) is 2.73. The van der Waals surface area contributed by atoms with Crippen molar-refractivity contribution in [3.63, 3.8) is 0 Å². The predicted molar refractivity (Wildman–Crippen MR) is 88.6 cm³/mol. The van der Waals surface area contributed by atoms with E-state index in [4.69, 9.17) is 5.73 Å². The molecular weight excluding hydrogens is 332 g/mol. The maximum atomic E-state index is 11.7. The first kappa shape index (κ1) is 14.8. The zero-order valence-corrected chi connectivity index (χ0v) is 14.0. The Kier molecular flexibility index (Phi) is 3.94. The third kappa shape index (κ3) is 2.56. The highest BCUT2D eigenvalue weighted by Gasteiger charge is 2.30. The highest BCUT2D eigenvalue weighted by Crippen LogP contribution is 2.38. The van der Waals surface area contributed by atoms with Gasteiger partial charge in [0.2, 0.25) is 5.91 Å². The number of nitrogens with zero attached hydrogens (tertiary/aromatic N) is 2. The van der Waals surface area contributed by atoms with E-state index < -0.39 is 6.04 Å². The van der Waals surface area contributed by atoms with E-state index in [0.29, 0.717) is 6.04 Å². The molecule has 1 amide bonds. The quantitative estimate of drug-likeness (QED) is 0.853. The Balaban J connectivity index is 1.88. The van der Waals surface area contributed by atoms with Gasteiger partial charge >= 0.3 is 0 Å². The summed E-state index contributed by atoms with van der Waals surface area (Å²) in [5.74, 6) is -0.127. The fourth-order valence-corrected chi connectivity index (χ4v) is 3.83. The van der Waals surface area contributed by atoms with Gasteiger partial charge in [-0.15, -0.1) is 0 Å². The summed E-state index contributed by atoms with van der Waals surface area (Å²) < 4.78 is 1.00. The van der Waals surface area contributed by atoms with Crippen LogP contribution in [0.5, 0.6) is 0 Å². The van der Waals surface area contributed by atoms with Gasteiger partial charge in [-0.25, -0.2) is 0 Å². The summed E-state index contributed by atoms with van der Waals surface area (Å²) in [4.78, 5) is 16.5. The number of hydrogen-bond acceptors (Lipinski definition) is 4. The molecule has 5 nitrogen and oxygen atoms in total. The molecule has 0 saturated carbocycles. The largest absolute Gasteiger partial charge is 0.368 e. The summed E-state index contributed by atoms with van der Waals surface area (Å²) in [7, 11) is 0. The number of benzene rings is 1. The second-order valence-corrected chi connectivity index (χ2v) is 6.64. The topological polar surface area (TPSA) is 61.6 Å². The first-order valence-electron chi connectivity index (χ1n) is 7.40. The van der Waals surface area contributed by atoms with Crippen LogP contribution in [0.4, 0.5) is 11.4 Å². The molecule has 2 aliphatic rings. The maximum absolute atomic E-state index is 11.7. The highest BCUT2D eigenvalue weighted by molar-refractivity contribution is 9.10. The zero-order chi connectivity index (χ0) is 15.1. The molecule has 0 aliphatic carbocycles. The van der Waals surface area contributed by atoms with Gasteiger partial charge in [-0.2, -0.15) is 0 Å². The van der Waals surface area contributed by atoms with E-state index in [9.17, 15) is 4.79 Å². The van der Waals surface area contributed by atoms with Crippen molar-refractivity contribution in [3.8, 4) is 0 Å². The van der Waals surface area contributed by atoms with Crippen LogP contribution >= 0.6 is 15.9 Å². The minimum atomic E-state index is -0.554. The number of rotatable bonds is 2. The van der Waals surface area contributed by atoms with E-state index >= 15 is 0 Å². The lowest BCUT2D eigenvalue weighted by molar-refractivity contribution is -0.116. The van der Waals surface area contributed by atoms with Crippen LogP contribution < -0.4 is 16.0 Å². The molecule has 21 heavy (non-hydrogen) atoms. The van der Waals surface area contributed by atoms with Gasteiger partial charge in [0.25, 0.3) is 0 Å². The van der Waals surface area contributed by atoms with E-state index in [1.165, 1.54) is 0 Å². The van der Waals surface area contributed by atoms with Crippen LogP contribution in [0.25, 0.3) is 0 Å². The molecule has 2 heterocycles. The number of fused-ring (bicyclic) bond motifs is 1. The van der Waals surface area contributed by atoms with Gasteiger partial charge in [0, 0.05) is 41.4 Å². The van der Waals surface area contributed by atoms with Crippen LogP contribution in [0.1, 0.15) is 25.5 Å². The molecule has 2 unspecified atom stereocenters. The number of likely N-dealkylation sites (N-methyl/N-ethyl adjacent to an activating group) is 1. The maximum Gasteiger partial charge on any atom is 0.245 e. The second-order valence-electron chi connectivity index (χ2n) is 5.78. The molecule has 1 aromatic rings. The van der Waals surface area contributed by atoms with Crippen LogP contribution in [-0.2, 0) is 4.79 Å². The number of piperazine rings is 1. The summed E-state index contributed by atoms with van der Waals surface area (Å²) in [6.07, 6.45) is 0. The monoisotopic (exact) mass is 352 g/mol. The number of carbonyl (C=O) groups excluding carboxylic acids is 1. The Labute approximate surface area is 133 Å². The van der Waals surface area contributed by atoms with Gasteiger partial charge in [0.15, 0.2) is 0 Å². The van der Waals surface area contributed by atoms with Gasteiger partial charge in [-0.05, 0) is 41.5 Å². The molecule has 3 rings (SSSR count). The van der Waals surface area contributed by atoms with Crippen molar-refractivity contribution >= 4 is 33.2 Å². The van der Waals surface area contributed by atoms with Crippen molar-refractivity contribution in [2.24, 2.45) is 5.73 Å². The Morgan fingerprint density at radius 3 is 2.86 bits per heavy atom. The second kappa shape index (κ2) is 5.59. The number of hydrogen-bond donors (Lipinski definition) is 2. The smallest absolute Gasteiger partial charge is 0.245 e. The number of nitrogens with one attached hydrogen (secondary N) is 1. The number of nitrogens with two attached hydrogens (primary N) is 1. The molecule has 0 spiro atoms. The molecule has 2 atom stereocenters. The number of amides is 1. The fraction of sp³-hybridized carbons (Fsp3) is 0.533. The molecule has 1 aromatic carbocycles. The summed E-state index contributed by atoms with van der Waals surface area (Å²) in [6.45, 7) is 8.60. The number of halogens is 1. The highest BCUT2D eigenvalue weighted by atomic mass is 79.9. The lowest BCUT2D eigenvalue weighted by Crippen LogP contribution is -2.51. The number of carbonyl (C=O) groups is 1. The van der Waals surface area contributed by atoms with E-state index in [-0.39, 0.29) is 5.91 Å². The van der Waals surface area contributed by atoms with Crippen molar-refractivity contribution in [1.29, 1.82) is 0 Å². The van der Waals surface area contributed by atoms with Crippen molar-refractivity contribution < 1.29 is 4.79 Å². The lowest BCUT2D eigenvalue weighted by Gasteiger charge is -2.41. The van der Waals surface area contributed by atoms with Crippen LogP contribution in [0.3, 0.4) is 0 Å². The Morgan fingerprint density at radius 1 is 1.43 bits per heavy atom. The molecular formula is C15H21BrN4O. The molecule has 6 heteroatoms. The SMILES string of the molecule is CCN1CCN(c2cc3c(cc2Br)C(N)C(=O)N3)CC1C. The summed E-state index contributed by atoms with van der Waals surface area (Å²) in [5, 5.41) is 2.86. The normalized spacial score (nSPS) is 25.9. The molecule has 2 aliphatic heterocycles. The van der Waals surface area contributed by atoms with Crippen LogP contribution in [0.2, 0.25) is 0 Å². The molecule has 114 valence electrons. The Morgan fingerprint density at radius 2 is 2.19 bits per heavy atom. The molecule has 0 aromatic heterocycles. The molecule has 1 saturated heterocycles. The standard InChI is InChI=1S/C15H21BrN4O/c1-3-19-4-5-20(8-9(19)2)13-7-12-10(6-11(13)16)14(17)15(21)18-12/h6-7,9,14H,3-5,8,17H2,1-2H3,(H,18,21). The van der Waals surface area contributed by atoms with Gasteiger partial charge in [0.1, 0.15) is 6.04 Å². The average molecular weight is 353 g/mol. The van der Waals surface area contributed by atoms with Gasteiger partial charge in [0.05, 0.1) is 5.69 Å². The zero-order valence-electron chi connectivity index (χ0n) is 12.4. The van der Waals surface area contributed by atoms with Crippen molar-refractivity contribution in [3.05, 3.63) is 22.2 Å². The first-order chi connectivity index (χ1) is 10.0.